The van der Waals surface area contributed by atoms with Crippen molar-refractivity contribution >= 4 is 6.08 Å². The summed E-state index contributed by atoms with van der Waals surface area (Å²) in [6.07, 6.45) is 9.24. The summed E-state index contributed by atoms with van der Waals surface area (Å²) >= 11 is 0. The first kappa shape index (κ1) is 13.0. The summed E-state index contributed by atoms with van der Waals surface area (Å²) in [6.45, 7) is 9.64. The number of imidazole rings is 1. The van der Waals surface area contributed by atoms with Crippen LogP contribution in [0.15, 0.2) is 18.6 Å². The Hall–Kier alpha value is -1.09. The van der Waals surface area contributed by atoms with E-state index in [0.29, 0.717) is 5.92 Å². The Morgan fingerprint density at radius 3 is 3.00 bits per heavy atom. The highest BCUT2D eigenvalue weighted by Gasteiger charge is 1.96. The number of aromatic nitrogens is 2. The van der Waals surface area contributed by atoms with Gasteiger partial charge in [0.05, 0.1) is 18.2 Å². The Morgan fingerprint density at radius 1 is 1.50 bits per heavy atom. The lowest BCUT2D eigenvalue weighted by Gasteiger charge is -2.04. The van der Waals surface area contributed by atoms with Crippen LogP contribution in [0.1, 0.15) is 32.9 Å². The molecule has 0 atom stereocenters. The van der Waals surface area contributed by atoms with Crippen LogP contribution in [0.5, 0.6) is 0 Å². The van der Waals surface area contributed by atoms with Crippen molar-refractivity contribution in [1.82, 2.24) is 14.9 Å². The normalized spacial score (nSPS) is 11.8. The Morgan fingerprint density at radius 2 is 2.31 bits per heavy atom. The lowest BCUT2D eigenvalue weighted by atomic mass is 10.2. The molecule has 3 heteroatoms. The summed E-state index contributed by atoms with van der Waals surface area (Å²) < 4.78 is 2.18. The third kappa shape index (κ3) is 4.62. The molecule has 0 unspecified atom stereocenters. The highest BCUT2D eigenvalue weighted by Crippen LogP contribution is 2.02. The van der Waals surface area contributed by atoms with Crippen molar-refractivity contribution in [3.05, 3.63) is 24.3 Å². The molecule has 0 bridgehead atoms. The molecular formula is C13H23N3. The molecule has 0 aromatic carbocycles. The first-order valence-corrected chi connectivity index (χ1v) is 6.11. The standard InChI is InChI=1S/C13H23N3/c1-4-8-16-11-15-10-13(16)6-5-7-14-9-12(2)3/h5-6,10-12,14H,4,7-9H2,1-3H3. The summed E-state index contributed by atoms with van der Waals surface area (Å²) in [5.41, 5.74) is 1.19. The number of nitrogens with one attached hydrogen (secondary N) is 1. The molecule has 3 nitrogen and oxygen atoms in total. The van der Waals surface area contributed by atoms with E-state index in [0.717, 1.165) is 26.1 Å². The second-order valence-electron chi connectivity index (χ2n) is 4.47. The van der Waals surface area contributed by atoms with Gasteiger partial charge in [-0.25, -0.2) is 4.98 Å². The maximum atomic E-state index is 4.16. The van der Waals surface area contributed by atoms with Crippen molar-refractivity contribution in [1.29, 1.82) is 0 Å². The van der Waals surface area contributed by atoms with Crippen LogP contribution in [0.25, 0.3) is 6.08 Å². The number of nitrogens with zero attached hydrogens (tertiary/aromatic N) is 2. The van der Waals surface area contributed by atoms with E-state index in [1.807, 2.05) is 12.5 Å². The van der Waals surface area contributed by atoms with Crippen LogP contribution in [-0.2, 0) is 6.54 Å². The first-order chi connectivity index (χ1) is 7.74. The van der Waals surface area contributed by atoms with Crippen molar-refractivity contribution in [3.63, 3.8) is 0 Å². The van der Waals surface area contributed by atoms with Crippen molar-refractivity contribution in [2.24, 2.45) is 5.92 Å². The Labute approximate surface area is 98.6 Å². The van der Waals surface area contributed by atoms with Gasteiger partial charge in [0.1, 0.15) is 0 Å². The predicted molar refractivity (Wildman–Crippen MR) is 69.3 cm³/mol. The van der Waals surface area contributed by atoms with E-state index in [1.165, 1.54) is 5.69 Å². The van der Waals surface area contributed by atoms with Crippen molar-refractivity contribution in [2.45, 2.75) is 33.7 Å². The summed E-state index contributed by atoms with van der Waals surface area (Å²) in [6, 6.07) is 0. The van der Waals surface area contributed by atoms with E-state index in [2.05, 4.69) is 47.8 Å². The van der Waals surface area contributed by atoms with Gasteiger partial charge in [0, 0.05) is 13.1 Å². The van der Waals surface area contributed by atoms with E-state index in [4.69, 9.17) is 0 Å². The Kier molecular flexibility index (Phi) is 5.86. The van der Waals surface area contributed by atoms with Gasteiger partial charge in [-0.2, -0.15) is 0 Å². The van der Waals surface area contributed by atoms with Gasteiger partial charge in [-0.1, -0.05) is 26.8 Å². The minimum absolute atomic E-state index is 0.707. The molecule has 0 fully saturated rings. The fourth-order valence-corrected chi connectivity index (χ4v) is 1.53. The van der Waals surface area contributed by atoms with E-state index in [1.54, 1.807) is 0 Å². The van der Waals surface area contributed by atoms with E-state index in [9.17, 15) is 0 Å². The monoisotopic (exact) mass is 221 g/mol. The maximum absolute atomic E-state index is 4.16. The largest absolute Gasteiger partial charge is 0.331 e. The second-order valence-corrected chi connectivity index (χ2v) is 4.47. The summed E-state index contributed by atoms with van der Waals surface area (Å²) in [4.78, 5) is 4.16. The van der Waals surface area contributed by atoms with Crippen LogP contribution in [-0.4, -0.2) is 22.6 Å². The molecule has 0 radical (unpaired) electrons. The van der Waals surface area contributed by atoms with Crippen LogP contribution in [0.4, 0.5) is 0 Å². The van der Waals surface area contributed by atoms with Gasteiger partial charge in [0.15, 0.2) is 0 Å². The summed E-state index contributed by atoms with van der Waals surface area (Å²) in [5, 5.41) is 3.38. The predicted octanol–water partition coefficient (Wildman–Crippen LogP) is 2.55. The molecule has 1 heterocycles. The molecule has 0 aliphatic rings. The van der Waals surface area contributed by atoms with Gasteiger partial charge in [-0.3, -0.25) is 0 Å². The third-order valence-electron chi connectivity index (χ3n) is 2.31. The van der Waals surface area contributed by atoms with E-state index in [-0.39, 0.29) is 0 Å². The molecule has 16 heavy (non-hydrogen) atoms. The summed E-state index contributed by atoms with van der Waals surface area (Å²) in [5.74, 6) is 0.707. The summed E-state index contributed by atoms with van der Waals surface area (Å²) in [7, 11) is 0. The molecule has 1 aromatic rings. The fraction of sp³-hybridized carbons (Fsp3) is 0.615. The van der Waals surface area contributed by atoms with Crippen LogP contribution < -0.4 is 5.32 Å². The lowest BCUT2D eigenvalue weighted by molar-refractivity contribution is 0.577. The highest BCUT2D eigenvalue weighted by molar-refractivity contribution is 5.43. The molecule has 0 spiro atoms. The van der Waals surface area contributed by atoms with Gasteiger partial charge in [-0.05, 0) is 25.0 Å². The SMILES string of the molecule is CCCn1cncc1C=CCNCC(C)C. The van der Waals surface area contributed by atoms with Gasteiger partial charge in [0.25, 0.3) is 0 Å². The average molecular weight is 221 g/mol. The number of hydrogen-bond donors (Lipinski definition) is 1. The van der Waals surface area contributed by atoms with E-state index < -0.39 is 0 Å². The first-order valence-electron chi connectivity index (χ1n) is 6.11. The van der Waals surface area contributed by atoms with Crippen molar-refractivity contribution < 1.29 is 0 Å². The molecule has 0 amide bonds. The van der Waals surface area contributed by atoms with Gasteiger partial charge in [-0.15, -0.1) is 0 Å². The molecule has 90 valence electrons. The van der Waals surface area contributed by atoms with E-state index >= 15 is 0 Å². The maximum Gasteiger partial charge on any atom is 0.0950 e. The van der Waals surface area contributed by atoms with Crippen molar-refractivity contribution in [2.75, 3.05) is 13.1 Å². The number of aryl methyl sites for hydroxylation is 1. The van der Waals surface area contributed by atoms with Crippen LogP contribution in [0.3, 0.4) is 0 Å². The third-order valence-corrected chi connectivity index (χ3v) is 2.31. The van der Waals surface area contributed by atoms with Crippen LogP contribution >= 0.6 is 0 Å². The highest BCUT2D eigenvalue weighted by atomic mass is 15.0. The van der Waals surface area contributed by atoms with Crippen LogP contribution in [0, 0.1) is 5.92 Å². The lowest BCUT2D eigenvalue weighted by Crippen LogP contribution is -2.19. The molecular weight excluding hydrogens is 198 g/mol. The van der Waals surface area contributed by atoms with Gasteiger partial charge < -0.3 is 9.88 Å². The topological polar surface area (TPSA) is 29.9 Å². The van der Waals surface area contributed by atoms with Crippen molar-refractivity contribution in [3.8, 4) is 0 Å². The smallest absolute Gasteiger partial charge is 0.0950 e. The fourth-order valence-electron chi connectivity index (χ4n) is 1.53. The Balaban J connectivity index is 2.34. The van der Waals surface area contributed by atoms with Gasteiger partial charge in [0.2, 0.25) is 0 Å². The van der Waals surface area contributed by atoms with Gasteiger partial charge >= 0.3 is 0 Å². The number of rotatable bonds is 7. The Bertz CT molecular complexity index is 313. The van der Waals surface area contributed by atoms with Crippen LogP contribution in [0.2, 0.25) is 0 Å². The molecule has 0 aliphatic carbocycles. The zero-order valence-electron chi connectivity index (χ0n) is 10.6. The molecule has 1 aromatic heterocycles. The minimum atomic E-state index is 0.707. The zero-order chi connectivity index (χ0) is 11.8. The average Bonchev–Trinajstić information content (AvgIpc) is 2.65. The molecule has 1 rings (SSSR count). The molecule has 0 saturated heterocycles. The molecule has 0 aliphatic heterocycles. The quantitative estimate of drug-likeness (QED) is 0.717. The molecule has 0 saturated carbocycles. The zero-order valence-corrected chi connectivity index (χ0v) is 10.6. The number of hydrogen-bond acceptors (Lipinski definition) is 2. The second kappa shape index (κ2) is 7.23. The minimum Gasteiger partial charge on any atom is -0.331 e. The molecule has 1 N–H and O–H groups in total.